The van der Waals surface area contributed by atoms with Gasteiger partial charge in [0.2, 0.25) is 0 Å². The summed E-state index contributed by atoms with van der Waals surface area (Å²) in [6, 6.07) is 0. The number of alkyl halides is 1. The zero-order valence-corrected chi connectivity index (χ0v) is 5.62. The van der Waals surface area contributed by atoms with Crippen LogP contribution in [0.3, 0.4) is 0 Å². The molecule has 0 radical (unpaired) electrons. The first kappa shape index (κ1) is 7.16. The van der Waals surface area contributed by atoms with E-state index in [1.807, 2.05) is 0 Å². The first-order valence-corrected chi connectivity index (χ1v) is 2.90. The fourth-order valence-corrected chi connectivity index (χ4v) is 0.0781. The van der Waals surface area contributed by atoms with E-state index in [9.17, 15) is 4.79 Å². The second-order valence-electron chi connectivity index (χ2n) is 0.988. The molecule has 0 aromatic carbocycles. The average molecular weight is 216 g/mol. The molecule has 1 atom stereocenters. The van der Waals surface area contributed by atoms with Crippen molar-refractivity contribution in [2.45, 2.75) is 3.92 Å². The smallest absolute Gasteiger partial charge is 0.318 e. The molecule has 0 aliphatic carbocycles. The lowest BCUT2D eigenvalue weighted by Gasteiger charge is -1.93. The van der Waals surface area contributed by atoms with Crippen molar-refractivity contribution in [2.75, 3.05) is 6.61 Å². The fraction of sp³-hybridized carbons (Fsp3) is 0.667. The maximum atomic E-state index is 9.76. The number of halogens is 1. The Morgan fingerprint density at radius 1 is 1.86 bits per heavy atom. The Hall–Kier alpha value is 0.160. The van der Waals surface area contributed by atoms with Crippen molar-refractivity contribution in [3.63, 3.8) is 0 Å². The third kappa shape index (κ3) is 2.81. The van der Waals surface area contributed by atoms with Crippen LogP contribution in [0.5, 0.6) is 0 Å². The third-order valence-electron chi connectivity index (χ3n) is 0.428. The van der Waals surface area contributed by atoms with Crippen molar-refractivity contribution in [3.05, 3.63) is 0 Å². The summed E-state index contributed by atoms with van der Waals surface area (Å²) in [4.78, 5) is 9.76. The van der Waals surface area contributed by atoms with Crippen LogP contribution in [0.1, 0.15) is 0 Å². The van der Waals surface area contributed by atoms with Gasteiger partial charge in [0, 0.05) is 0 Å². The monoisotopic (exact) mass is 216 g/mol. The summed E-state index contributed by atoms with van der Waals surface area (Å²) >= 11 is 1.65. The zero-order chi connectivity index (χ0) is 5.86. The minimum Gasteiger partial charge on any atom is -0.480 e. The lowest BCUT2D eigenvalue weighted by molar-refractivity contribution is -0.136. The fourth-order valence-electron chi connectivity index (χ4n) is 0.0781. The Bertz CT molecular complexity index is 72.6. The molecule has 0 bridgehead atoms. The van der Waals surface area contributed by atoms with E-state index in [0.717, 1.165) is 0 Å². The molecule has 0 fully saturated rings. The standard InChI is InChI=1S/C3H5IO3/c4-2(1-5)3(6)7/h2,5H,1H2,(H,6,7)/t2-/m0/s1. The van der Waals surface area contributed by atoms with Crippen LogP contribution in [-0.4, -0.2) is 26.7 Å². The van der Waals surface area contributed by atoms with Gasteiger partial charge in [-0.3, -0.25) is 4.79 Å². The van der Waals surface area contributed by atoms with Crippen LogP contribution in [0.2, 0.25) is 0 Å². The number of carboxylic acids is 1. The van der Waals surface area contributed by atoms with Gasteiger partial charge < -0.3 is 10.2 Å². The van der Waals surface area contributed by atoms with Crippen molar-refractivity contribution < 1.29 is 15.0 Å². The van der Waals surface area contributed by atoms with E-state index in [-0.39, 0.29) is 6.61 Å². The maximum Gasteiger partial charge on any atom is 0.318 e. The molecule has 0 amide bonds. The van der Waals surface area contributed by atoms with Crippen molar-refractivity contribution in [1.29, 1.82) is 0 Å². The highest BCUT2D eigenvalue weighted by molar-refractivity contribution is 14.1. The summed E-state index contributed by atoms with van der Waals surface area (Å²) in [5.74, 6) is -0.969. The van der Waals surface area contributed by atoms with Gasteiger partial charge in [0.25, 0.3) is 0 Å². The Kier molecular flexibility index (Phi) is 3.27. The van der Waals surface area contributed by atoms with Gasteiger partial charge in [0.15, 0.2) is 0 Å². The van der Waals surface area contributed by atoms with Crippen LogP contribution in [0.15, 0.2) is 0 Å². The summed E-state index contributed by atoms with van der Waals surface area (Å²) in [6.07, 6.45) is 0. The molecule has 0 saturated heterocycles. The number of carbonyl (C=O) groups is 1. The number of aliphatic hydroxyl groups is 1. The first-order valence-electron chi connectivity index (χ1n) is 1.66. The van der Waals surface area contributed by atoms with E-state index in [2.05, 4.69) is 0 Å². The van der Waals surface area contributed by atoms with E-state index < -0.39 is 9.89 Å². The number of carboxylic acid groups (broad SMARTS) is 1. The van der Waals surface area contributed by atoms with E-state index in [0.29, 0.717) is 0 Å². The number of hydrogen-bond donors (Lipinski definition) is 2. The molecule has 2 N–H and O–H groups in total. The second-order valence-corrected chi connectivity index (χ2v) is 2.49. The molecular weight excluding hydrogens is 211 g/mol. The predicted molar refractivity (Wildman–Crippen MR) is 32.5 cm³/mol. The molecule has 7 heavy (non-hydrogen) atoms. The van der Waals surface area contributed by atoms with Gasteiger partial charge in [-0.1, -0.05) is 22.6 Å². The lowest BCUT2D eigenvalue weighted by Crippen LogP contribution is -2.15. The first-order chi connectivity index (χ1) is 3.18. The van der Waals surface area contributed by atoms with Gasteiger partial charge in [0.05, 0.1) is 6.61 Å². The SMILES string of the molecule is O=C(O)[C@@H](I)CO. The molecule has 0 spiro atoms. The summed E-state index contributed by atoms with van der Waals surface area (Å²) in [7, 11) is 0. The Balaban J connectivity index is 3.34. The van der Waals surface area contributed by atoms with Crippen molar-refractivity contribution in [2.24, 2.45) is 0 Å². The van der Waals surface area contributed by atoms with Gasteiger partial charge >= 0.3 is 5.97 Å². The largest absolute Gasteiger partial charge is 0.480 e. The number of aliphatic carboxylic acids is 1. The minimum atomic E-state index is -0.969. The van der Waals surface area contributed by atoms with Crippen LogP contribution in [-0.2, 0) is 4.79 Å². The highest BCUT2D eigenvalue weighted by Gasteiger charge is 2.08. The second kappa shape index (κ2) is 3.20. The van der Waals surface area contributed by atoms with Crippen molar-refractivity contribution in [3.8, 4) is 0 Å². The average Bonchev–Trinajstić information content (AvgIpc) is 1.65. The minimum absolute atomic E-state index is 0.296. The molecule has 3 nitrogen and oxygen atoms in total. The van der Waals surface area contributed by atoms with E-state index in [1.165, 1.54) is 0 Å². The summed E-state index contributed by atoms with van der Waals surface area (Å²) in [5.41, 5.74) is 0. The molecule has 0 unspecified atom stereocenters. The van der Waals surface area contributed by atoms with Gasteiger partial charge in [-0.2, -0.15) is 0 Å². The summed E-state index contributed by atoms with van der Waals surface area (Å²) in [6.45, 7) is -0.296. The van der Waals surface area contributed by atoms with Gasteiger partial charge in [-0.15, -0.1) is 0 Å². The Morgan fingerprint density at radius 2 is 2.29 bits per heavy atom. The van der Waals surface area contributed by atoms with Crippen LogP contribution < -0.4 is 0 Å². The van der Waals surface area contributed by atoms with Crippen LogP contribution in [0.4, 0.5) is 0 Å². The zero-order valence-electron chi connectivity index (χ0n) is 3.47. The normalized spacial score (nSPS) is 13.4. The molecule has 42 valence electrons. The molecule has 0 aromatic rings. The summed E-state index contributed by atoms with van der Waals surface area (Å²) < 4.78 is -0.655. The number of rotatable bonds is 2. The van der Waals surface area contributed by atoms with E-state index >= 15 is 0 Å². The highest BCUT2D eigenvalue weighted by Crippen LogP contribution is 1.96. The Labute approximate surface area is 54.5 Å². The lowest BCUT2D eigenvalue weighted by atomic mass is 10.5. The molecule has 0 aliphatic heterocycles. The molecule has 0 saturated carbocycles. The molecule has 4 heteroatoms. The molecular formula is C3H5IO3. The topological polar surface area (TPSA) is 57.5 Å². The van der Waals surface area contributed by atoms with Crippen LogP contribution >= 0.6 is 22.6 Å². The molecule has 0 heterocycles. The maximum absolute atomic E-state index is 9.76. The van der Waals surface area contributed by atoms with Gasteiger partial charge in [0.1, 0.15) is 3.92 Å². The molecule has 0 aromatic heterocycles. The van der Waals surface area contributed by atoms with Crippen molar-refractivity contribution >= 4 is 28.6 Å². The molecule has 0 aliphatic rings. The number of hydrogen-bond acceptors (Lipinski definition) is 2. The quantitative estimate of drug-likeness (QED) is 0.499. The van der Waals surface area contributed by atoms with E-state index in [1.54, 1.807) is 22.6 Å². The van der Waals surface area contributed by atoms with Gasteiger partial charge in [-0.25, -0.2) is 0 Å². The van der Waals surface area contributed by atoms with Crippen LogP contribution in [0.25, 0.3) is 0 Å². The Morgan fingerprint density at radius 3 is 2.29 bits per heavy atom. The third-order valence-corrected chi connectivity index (χ3v) is 1.35. The van der Waals surface area contributed by atoms with Crippen LogP contribution in [0, 0.1) is 0 Å². The van der Waals surface area contributed by atoms with Gasteiger partial charge in [-0.05, 0) is 0 Å². The van der Waals surface area contributed by atoms with Crippen molar-refractivity contribution in [1.82, 2.24) is 0 Å². The highest BCUT2D eigenvalue weighted by atomic mass is 127. The molecule has 0 rings (SSSR count). The number of aliphatic hydroxyl groups excluding tert-OH is 1. The summed E-state index contributed by atoms with van der Waals surface area (Å²) in [5, 5.41) is 16.1. The predicted octanol–water partition coefficient (Wildman–Crippen LogP) is -0.133. The van der Waals surface area contributed by atoms with E-state index in [4.69, 9.17) is 10.2 Å².